The third kappa shape index (κ3) is 3.72. The van der Waals surface area contributed by atoms with Crippen molar-refractivity contribution in [3.8, 4) is 0 Å². The first-order valence-electron chi connectivity index (χ1n) is 7.04. The van der Waals surface area contributed by atoms with Crippen LogP contribution in [0.2, 0.25) is 0 Å². The lowest BCUT2D eigenvalue weighted by atomic mass is 9.75. The van der Waals surface area contributed by atoms with E-state index < -0.39 is 24.1 Å². The number of aryl methyl sites for hydroxylation is 1. The van der Waals surface area contributed by atoms with E-state index in [-0.39, 0.29) is 12.8 Å². The van der Waals surface area contributed by atoms with Gasteiger partial charge in [-0.2, -0.15) is 13.2 Å². The van der Waals surface area contributed by atoms with Gasteiger partial charge in [0.1, 0.15) is 0 Å². The van der Waals surface area contributed by atoms with Crippen molar-refractivity contribution in [2.24, 2.45) is 11.8 Å². The Balaban J connectivity index is 2.06. The van der Waals surface area contributed by atoms with Gasteiger partial charge in [0.25, 0.3) is 0 Å². The predicted octanol–water partition coefficient (Wildman–Crippen LogP) is 3.66. The maximum atomic E-state index is 13.0. The molecule has 20 heavy (non-hydrogen) atoms. The molecule has 1 N–H and O–H groups in total. The Hall–Kier alpha value is -1.10. The molecule has 1 aliphatic rings. The Labute approximate surface area is 117 Å². The number of rotatable bonds is 3. The normalized spacial score (nSPS) is 25.4. The van der Waals surface area contributed by atoms with Crippen molar-refractivity contribution in [1.82, 2.24) is 4.98 Å². The molecule has 0 amide bonds. The van der Waals surface area contributed by atoms with Crippen molar-refractivity contribution in [1.29, 1.82) is 0 Å². The molecule has 1 aliphatic carbocycles. The van der Waals surface area contributed by atoms with E-state index in [0.29, 0.717) is 18.5 Å². The van der Waals surface area contributed by atoms with Crippen LogP contribution in [0.5, 0.6) is 0 Å². The summed E-state index contributed by atoms with van der Waals surface area (Å²) in [4.78, 5) is 4.16. The third-order valence-electron chi connectivity index (χ3n) is 4.12. The van der Waals surface area contributed by atoms with Gasteiger partial charge in [-0.15, -0.1) is 0 Å². The fourth-order valence-electron chi connectivity index (χ4n) is 3.01. The molecule has 1 aromatic heterocycles. The zero-order valence-electron chi connectivity index (χ0n) is 11.5. The maximum absolute atomic E-state index is 13.0. The molecule has 3 atom stereocenters. The van der Waals surface area contributed by atoms with Crippen LogP contribution < -0.4 is 0 Å². The summed E-state index contributed by atoms with van der Waals surface area (Å²) in [5.74, 6) is -2.08. The van der Waals surface area contributed by atoms with E-state index in [1.807, 2.05) is 13.0 Å². The van der Waals surface area contributed by atoms with Crippen molar-refractivity contribution in [2.45, 2.75) is 51.3 Å². The minimum absolute atomic E-state index is 0.132. The summed E-state index contributed by atoms with van der Waals surface area (Å²) in [7, 11) is 0. The molecule has 0 bridgehead atoms. The highest BCUT2D eigenvalue weighted by Gasteiger charge is 2.47. The highest BCUT2D eigenvalue weighted by atomic mass is 19.4. The second kappa shape index (κ2) is 6.12. The van der Waals surface area contributed by atoms with Gasteiger partial charge < -0.3 is 5.11 Å². The maximum Gasteiger partial charge on any atom is 0.392 e. The fraction of sp³-hybridized carbons (Fsp3) is 0.667. The molecule has 1 aromatic rings. The molecule has 0 radical (unpaired) electrons. The molecule has 0 saturated heterocycles. The minimum atomic E-state index is -4.22. The predicted molar refractivity (Wildman–Crippen MR) is 70.2 cm³/mol. The second-order valence-electron chi connectivity index (χ2n) is 5.69. The van der Waals surface area contributed by atoms with Crippen molar-refractivity contribution in [3.63, 3.8) is 0 Å². The number of halogens is 3. The van der Waals surface area contributed by atoms with E-state index in [1.54, 1.807) is 12.3 Å². The van der Waals surface area contributed by atoms with Crippen LogP contribution in [0, 0.1) is 18.8 Å². The largest absolute Gasteiger partial charge is 0.392 e. The molecule has 1 saturated carbocycles. The van der Waals surface area contributed by atoms with Gasteiger partial charge in [-0.05, 0) is 37.3 Å². The van der Waals surface area contributed by atoms with Crippen LogP contribution in [0.25, 0.3) is 0 Å². The van der Waals surface area contributed by atoms with E-state index in [1.165, 1.54) is 0 Å². The van der Waals surface area contributed by atoms with E-state index in [4.69, 9.17) is 0 Å². The summed E-state index contributed by atoms with van der Waals surface area (Å²) in [5.41, 5.74) is 1.64. The molecule has 112 valence electrons. The summed E-state index contributed by atoms with van der Waals surface area (Å²) < 4.78 is 39.1. The lowest BCUT2D eigenvalue weighted by Crippen LogP contribution is -2.40. The quantitative estimate of drug-likeness (QED) is 0.920. The second-order valence-corrected chi connectivity index (χ2v) is 5.69. The summed E-state index contributed by atoms with van der Waals surface area (Å²) in [5, 5.41) is 10.2. The highest BCUT2D eigenvalue weighted by Crippen LogP contribution is 2.43. The molecule has 0 spiro atoms. The van der Waals surface area contributed by atoms with E-state index >= 15 is 0 Å². The summed E-state index contributed by atoms with van der Waals surface area (Å²) in [6.07, 6.45) is -1.40. The van der Waals surface area contributed by atoms with Gasteiger partial charge in [0, 0.05) is 18.3 Å². The molecular weight excluding hydrogens is 267 g/mol. The van der Waals surface area contributed by atoms with Crippen LogP contribution in [-0.4, -0.2) is 22.4 Å². The van der Waals surface area contributed by atoms with Gasteiger partial charge in [-0.1, -0.05) is 18.9 Å². The molecule has 5 heteroatoms. The topological polar surface area (TPSA) is 33.1 Å². The first-order chi connectivity index (χ1) is 9.38. The minimum Gasteiger partial charge on any atom is -0.392 e. The third-order valence-corrected chi connectivity index (χ3v) is 4.12. The molecule has 0 aliphatic heterocycles. The first kappa shape index (κ1) is 15.3. The molecule has 0 aromatic carbocycles. The molecule has 2 nitrogen and oxygen atoms in total. The molecular formula is C15H20F3NO. The number of pyridine rings is 1. The molecule has 1 fully saturated rings. The van der Waals surface area contributed by atoms with Gasteiger partial charge in [0.2, 0.25) is 0 Å². The molecule has 2 rings (SSSR count). The summed E-state index contributed by atoms with van der Waals surface area (Å²) >= 11 is 0. The van der Waals surface area contributed by atoms with Crippen LogP contribution in [0.1, 0.15) is 36.9 Å². The zero-order valence-corrected chi connectivity index (χ0v) is 11.5. The molecule has 3 unspecified atom stereocenters. The standard InChI is InChI=1S/C15H20F3NO/c1-10-6-7-11(19-9-10)8-14(20)12-4-2-3-5-13(12)15(16,17)18/h6-7,9,12-14,20H,2-5,8H2,1H3. The lowest BCUT2D eigenvalue weighted by molar-refractivity contribution is -0.206. The van der Waals surface area contributed by atoms with Crippen molar-refractivity contribution in [3.05, 3.63) is 29.6 Å². The van der Waals surface area contributed by atoms with Crippen molar-refractivity contribution in [2.75, 3.05) is 0 Å². The van der Waals surface area contributed by atoms with Gasteiger partial charge in [-0.3, -0.25) is 4.98 Å². The zero-order chi connectivity index (χ0) is 14.8. The van der Waals surface area contributed by atoms with Crippen LogP contribution in [0.4, 0.5) is 13.2 Å². The number of alkyl halides is 3. The Morgan fingerprint density at radius 3 is 2.60 bits per heavy atom. The average Bonchev–Trinajstić information content (AvgIpc) is 2.40. The van der Waals surface area contributed by atoms with Gasteiger partial charge in [0.15, 0.2) is 0 Å². The number of nitrogens with zero attached hydrogens (tertiary/aromatic N) is 1. The van der Waals surface area contributed by atoms with Gasteiger partial charge >= 0.3 is 6.18 Å². The van der Waals surface area contributed by atoms with E-state index in [9.17, 15) is 18.3 Å². The van der Waals surface area contributed by atoms with E-state index in [2.05, 4.69) is 4.98 Å². The number of hydrogen-bond donors (Lipinski definition) is 1. The Morgan fingerprint density at radius 2 is 2.00 bits per heavy atom. The number of aliphatic hydroxyl groups excluding tert-OH is 1. The Kier molecular flexibility index (Phi) is 4.68. The highest BCUT2D eigenvalue weighted by molar-refractivity contribution is 5.13. The smallest absolute Gasteiger partial charge is 0.392 e. The summed E-state index contributed by atoms with van der Waals surface area (Å²) in [6.45, 7) is 1.90. The fourth-order valence-corrected chi connectivity index (χ4v) is 3.01. The van der Waals surface area contributed by atoms with Gasteiger partial charge in [0.05, 0.1) is 12.0 Å². The monoisotopic (exact) mass is 287 g/mol. The average molecular weight is 287 g/mol. The Morgan fingerprint density at radius 1 is 1.30 bits per heavy atom. The van der Waals surface area contributed by atoms with Crippen LogP contribution in [0.3, 0.4) is 0 Å². The Bertz CT molecular complexity index is 430. The number of aliphatic hydroxyl groups is 1. The van der Waals surface area contributed by atoms with Crippen LogP contribution in [-0.2, 0) is 6.42 Å². The molecule has 1 heterocycles. The van der Waals surface area contributed by atoms with E-state index in [0.717, 1.165) is 12.0 Å². The first-order valence-corrected chi connectivity index (χ1v) is 7.04. The van der Waals surface area contributed by atoms with Gasteiger partial charge in [-0.25, -0.2) is 0 Å². The SMILES string of the molecule is Cc1ccc(CC(O)C2CCCCC2C(F)(F)F)nc1. The van der Waals surface area contributed by atoms with Crippen LogP contribution >= 0.6 is 0 Å². The van der Waals surface area contributed by atoms with Crippen molar-refractivity contribution < 1.29 is 18.3 Å². The lowest BCUT2D eigenvalue weighted by Gasteiger charge is -2.35. The van der Waals surface area contributed by atoms with Crippen molar-refractivity contribution >= 4 is 0 Å². The number of aromatic nitrogens is 1. The number of hydrogen-bond acceptors (Lipinski definition) is 2. The van der Waals surface area contributed by atoms with Crippen LogP contribution in [0.15, 0.2) is 18.3 Å². The summed E-state index contributed by atoms with van der Waals surface area (Å²) in [6, 6.07) is 3.63.